The maximum Gasteiger partial charge on any atom is 0.159 e. The number of hydrogen-bond donors (Lipinski definition) is 1. The van der Waals surface area contributed by atoms with E-state index in [4.69, 9.17) is 14.7 Å². The lowest BCUT2D eigenvalue weighted by atomic mass is 9.88. The van der Waals surface area contributed by atoms with Crippen LogP contribution in [0.1, 0.15) is 35.8 Å². The van der Waals surface area contributed by atoms with Gasteiger partial charge in [0.2, 0.25) is 0 Å². The summed E-state index contributed by atoms with van der Waals surface area (Å²) < 4.78 is 19.6. The van der Waals surface area contributed by atoms with Gasteiger partial charge in [0.05, 0.1) is 12.8 Å². The molecule has 34 heavy (non-hydrogen) atoms. The molecule has 1 aromatic heterocycles. The van der Waals surface area contributed by atoms with E-state index in [1.807, 2.05) is 48.8 Å². The van der Waals surface area contributed by atoms with Gasteiger partial charge in [-0.05, 0) is 62.0 Å². The smallest absolute Gasteiger partial charge is 0.159 e. The SMILES string of the molecule is COc1cccc(-c2cnc(C3=CCNC=C3)nc2C2CCN(Cc3ccccc3F)CC2)c1. The number of allylic oxidation sites excluding steroid dienone is 2. The predicted molar refractivity (Wildman–Crippen MR) is 133 cm³/mol. The van der Waals surface area contributed by atoms with Gasteiger partial charge in [0.15, 0.2) is 5.82 Å². The molecular weight excluding hydrogens is 427 g/mol. The predicted octanol–water partition coefficient (Wildman–Crippen LogP) is 5.17. The van der Waals surface area contributed by atoms with Crippen LogP contribution < -0.4 is 10.1 Å². The fourth-order valence-electron chi connectivity index (χ4n) is 4.71. The second kappa shape index (κ2) is 10.2. The number of hydrogen-bond acceptors (Lipinski definition) is 5. The lowest BCUT2D eigenvalue weighted by molar-refractivity contribution is 0.201. The first-order valence-corrected chi connectivity index (χ1v) is 11.8. The Kier molecular flexibility index (Phi) is 6.67. The van der Waals surface area contributed by atoms with Gasteiger partial charge in [0.1, 0.15) is 11.6 Å². The van der Waals surface area contributed by atoms with Crippen LogP contribution in [0, 0.1) is 5.82 Å². The van der Waals surface area contributed by atoms with Crippen LogP contribution in [-0.2, 0) is 6.54 Å². The van der Waals surface area contributed by atoms with Crippen molar-refractivity contribution in [1.29, 1.82) is 0 Å². The first-order valence-electron chi connectivity index (χ1n) is 11.8. The number of piperidine rings is 1. The summed E-state index contributed by atoms with van der Waals surface area (Å²) >= 11 is 0. The Morgan fingerprint density at radius 3 is 2.74 bits per heavy atom. The largest absolute Gasteiger partial charge is 0.497 e. The zero-order valence-corrected chi connectivity index (χ0v) is 19.4. The molecule has 3 aromatic rings. The van der Waals surface area contributed by atoms with E-state index in [1.165, 1.54) is 6.07 Å². The Morgan fingerprint density at radius 2 is 1.97 bits per heavy atom. The Morgan fingerprint density at radius 1 is 1.12 bits per heavy atom. The zero-order chi connectivity index (χ0) is 23.3. The van der Waals surface area contributed by atoms with Crippen molar-refractivity contribution in [2.24, 2.45) is 0 Å². The number of likely N-dealkylation sites (tertiary alicyclic amines) is 1. The second-order valence-electron chi connectivity index (χ2n) is 8.77. The molecule has 0 atom stereocenters. The topological polar surface area (TPSA) is 50.3 Å². The van der Waals surface area contributed by atoms with Gasteiger partial charge in [0.25, 0.3) is 0 Å². The molecule has 1 saturated heterocycles. The minimum atomic E-state index is -0.131. The molecule has 6 heteroatoms. The number of nitrogens with zero attached hydrogens (tertiary/aromatic N) is 3. The Balaban J connectivity index is 1.42. The first-order chi connectivity index (χ1) is 16.7. The lowest BCUT2D eigenvalue weighted by Crippen LogP contribution is -2.33. The molecule has 3 heterocycles. The molecule has 174 valence electrons. The molecule has 1 fully saturated rings. The fraction of sp³-hybridized carbons (Fsp3) is 0.286. The van der Waals surface area contributed by atoms with E-state index in [9.17, 15) is 4.39 Å². The van der Waals surface area contributed by atoms with Crippen molar-refractivity contribution in [3.8, 4) is 16.9 Å². The quantitative estimate of drug-likeness (QED) is 0.555. The Hall–Kier alpha value is -3.51. The summed E-state index contributed by atoms with van der Waals surface area (Å²) in [7, 11) is 1.68. The number of methoxy groups -OCH3 is 1. The molecular formula is C28H29FN4O. The minimum absolute atomic E-state index is 0.131. The number of aromatic nitrogens is 2. The van der Waals surface area contributed by atoms with Gasteiger partial charge in [-0.15, -0.1) is 0 Å². The van der Waals surface area contributed by atoms with E-state index in [0.717, 1.165) is 72.0 Å². The molecule has 5 rings (SSSR count). The first kappa shape index (κ1) is 22.3. The number of halogens is 1. The van der Waals surface area contributed by atoms with Crippen molar-refractivity contribution in [2.75, 3.05) is 26.7 Å². The van der Waals surface area contributed by atoms with Crippen LogP contribution in [0.25, 0.3) is 16.7 Å². The standard InChI is InChI=1S/C28H29FN4O/c1-34-24-7-4-6-22(17-24)25-18-31-28(21-9-13-30-14-10-21)32-27(25)20-11-15-33(16-12-20)19-23-5-2-3-8-26(23)29/h2-10,13,17-18,20,30H,11-12,14-16,19H2,1H3. The summed E-state index contributed by atoms with van der Waals surface area (Å²) in [5.74, 6) is 1.75. The second-order valence-corrected chi connectivity index (χ2v) is 8.77. The van der Waals surface area contributed by atoms with Crippen molar-refractivity contribution >= 4 is 5.57 Å². The Bertz CT molecular complexity index is 1210. The molecule has 5 nitrogen and oxygen atoms in total. The van der Waals surface area contributed by atoms with Gasteiger partial charge in [-0.25, -0.2) is 14.4 Å². The third-order valence-corrected chi connectivity index (χ3v) is 6.60. The molecule has 0 radical (unpaired) electrons. The van der Waals surface area contributed by atoms with Crippen LogP contribution >= 0.6 is 0 Å². The van der Waals surface area contributed by atoms with Crippen molar-refractivity contribution in [3.05, 3.63) is 96.0 Å². The summed E-state index contributed by atoms with van der Waals surface area (Å²) in [5.41, 5.74) is 4.98. The van der Waals surface area contributed by atoms with E-state index in [2.05, 4.69) is 22.4 Å². The number of rotatable bonds is 6. The van der Waals surface area contributed by atoms with Gasteiger partial charge < -0.3 is 10.1 Å². The van der Waals surface area contributed by atoms with Crippen molar-refractivity contribution in [1.82, 2.24) is 20.2 Å². The maximum absolute atomic E-state index is 14.1. The van der Waals surface area contributed by atoms with Crippen LogP contribution in [0.4, 0.5) is 4.39 Å². The molecule has 0 spiro atoms. The minimum Gasteiger partial charge on any atom is -0.497 e. The van der Waals surface area contributed by atoms with Gasteiger partial charge in [-0.1, -0.05) is 36.4 Å². The molecule has 1 N–H and O–H groups in total. The molecule has 0 aliphatic carbocycles. The summed E-state index contributed by atoms with van der Waals surface area (Å²) in [6.07, 6.45) is 9.97. The van der Waals surface area contributed by atoms with E-state index in [1.54, 1.807) is 13.2 Å². The molecule has 0 unspecified atom stereocenters. The summed E-state index contributed by atoms with van der Waals surface area (Å²) in [4.78, 5) is 12.1. The highest BCUT2D eigenvalue weighted by atomic mass is 19.1. The monoisotopic (exact) mass is 456 g/mol. The van der Waals surface area contributed by atoms with Crippen LogP contribution in [0.3, 0.4) is 0 Å². The fourth-order valence-corrected chi connectivity index (χ4v) is 4.71. The third-order valence-electron chi connectivity index (χ3n) is 6.60. The van der Waals surface area contributed by atoms with Gasteiger partial charge >= 0.3 is 0 Å². The molecule has 2 aromatic carbocycles. The average molecular weight is 457 g/mol. The summed E-state index contributed by atoms with van der Waals surface area (Å²) in [6.45, 7) is 3.23. The number of ether oxygens (including phenoxy) is 1. The molecule has 0 amide bonds. The van der Waals surface area contributed by atoms with E-state index < -0.39 is 0 Å². The highest BCUT2D eigenvalue weighted by Crippen LogP contribution is 2.36. The van der Waals surface area contributed by atoms with Crippen LogP contribution in [0.15, 0.2) is 73.1 Å². The highest BCUT2D eigenvalue weighted by Gasteiger charge is 2.26. The maximum atomic E-state index is 14.1. The summed E-state index contributed by atoms with van der Waals surface area (Å²) in [6, 6.07) is 15.1. The molecule has 2 aliphatic heterocycles. The van der Waals surface area contributed by atoms with Crippen LogP contribution in [0.2, 0.25) is 0 Å². The van der Waals surface area contributed by atoms with Crippen molar-refractivity contribution in [3.63, 3.8) is 0 Å². The van der Waals surface area contributed by atoms with Gasteiger partial charge in [-0.2, -0.15) is 0 Å². The van der Waals surface area contributed by atoms with E-state index in [0.29, 0.717) is 12.5 Å². The van der Waals surface area contributed by atoms with Crippen molar-refractivity contribution < 1.29 is 9.13 Å². The van der Waals surface area contributed by atoms with Crippen molar-refractivity contribution in [2.45, 2.75) is 25.3 Å². The van der Waals surface area contributed by atoms with Crippen LogP contribution in [0.5, 0.6) is 5.75 Å². The van der Waals surface area contributed by atoms with Gasteiger partial charge in [-0.3, -0.25) is 4.90 Å². The summed E-state index contributed by atoms with van der Waals surface area (Å²) in [5, 5.41) is 3.18. The third kappa shape index (κ3) is 4.87. The lowest BCUT2D eigenvalue weighted by Gasteiger charge is -2.32. The highest BCUT2D eigenvalue weighted by molar-refractivity contribution is 5.73. The Labute approximate surface area is 200 Å². The zero-order valence-electron chi connectivity index (χ0n) is 19.4. The number of nitrogens with one attached hydrogen (secondary N) is 1. The van der Waals surface area contributed by atoms with E-state index >= 15 is 0 Å². The van der Waals surface area contributed by atoms with Crippen LogP contribution in [-0.4, -0.2) is 41.6 Å². The number of benzene rings is 2. The average Bonchev–Trinajstić information content (AvgIpc) is 2.91. The van der Waals surface area contributed by atoms with Gasteiger partial charge in [0, 0.05) is 41.9 Å². The normalized spacial score (nSPS) is 16.7. The number of dihydropyridines is 1. The molecule has 0 bridgehead atoms. The molecule has 0 saturated carbocycles. The molecule has 2 aliphatic rings. The van der Waals surface area contributed by atoms with E-state index in [-0.39, 0.29) is 5.82 Å².